The molecule has 8 heteroatoms. The van der Waals surface area contributed by atoms with Crippen molar-refractivity contribution >= 4 is 11.9 Å². The van der Waals surface area contributed by atoms with Crippen LogP contribution in [0.4, 0.5) is 4.39 Å². The van der Waals surface area contributed by atoms with Gasteiger partial charge in [0.05, 0.1) is 6.10 Å². The van der Waals surface area contributed by atoms with Crippen LogP contribution in [0.15, 0.2) is 18.2 Å². The fourth-order valence-electron chi connectivity index (χ4n) is 1.10. The fraction of sp³-hybridized carbons (Fsp3) is 0.273. The van der Waals surface area contributed by atoms with Crippen LogP contribution < -0.4 is 5.32 Å². The summed E-state index contributed by atoms with van der Waals surface area (Å²) < 4.78 is 13.1. The quantitative estimate of drug-likeness (QED) is 0.489. The van der Waals surface area contributed by atoms with Crippen LogP contribution in [0.5, 0.6) is 5.75 Å². The maximum absolute atomic E-state index is 13.1. The van der Waals surface area contributed by atoms with Crippen LogP contribution in [0.25, 0.3) is 0 Å². The number of phenolic OH excluding ortho intramolecular Hbond substituents is 1. The molecule has 0 bridgehead atoms. The van der Waals surface area contributed by atoms with E-state index in [1.807, 2.05) is 0 Å². The highest BCUT2D eigenvalue weighted by Crippen LogP contribution is 2.23. The van der Waals surface area contributed by atoms with E-state index < -0.39 is 29.6 Å². The van der Waals surface area contributed by atoms with Gasteiger partial charge in [-0.1, -0.05) is 12.1 Å². The van der Waals surface area contributed by atoms with Crippen molar-refractivity contribution in [2.75, 3.05) is 13.6 Å². The maximum atomic E-state index is 13.1. The fourth-order valence-corrected chi connectivity index (χ4v) is 1.10. The van der Waals surface area contributed by atoms with Gasteiger partial charge in [0.1, 0.15) is 0 Å². The average Bonchev–Trinajstić information content (AvgIpc) is 2.33. The zero-order valence-corrected chi connectivity index (χ0v) is 10.00. The van der Waals surface area contributed by atoms with Crippen molar-refractivity contribution in [2.45, 2.75) is 6.10 Å². The Labute approximate surface area is 107 Å². The van der Waals surface area contributed by atoms with Gasteiger partial charge in [0.25, 0.3) is 0 Å². The van der Waals surface area contributed by atoms with Crippen LogP contribution in [0, 0.1) is 5.82 Å². The molecule has 0 aliphatic heterocycles. The Balaban J connectivity index is 0.000000459. The van der Waals surface area contributed by atoms with E-state index in [4.69, 9.17) is 24.9 Å². The van der Waals surface area contributed by atoms with Crippen molar-refractivity contribution in [3.05, 3.63) is 29.6 Å². The van der Waals surface area contributed by atoms with E-state index in [9.17, 15) is 9.50 Å². The Kier molecular flexibility index (Phi) is 7.08. The molecule has 19 heavy (non-hydrogen) atoms. The van der Waals surface area contributed by atoms with Crippen molar-refractivity contribution in [3.63, 3.8) is 0 Å². The number of carboxylic acids is 2. The number of nitrogens with one attached hydrogen (secondary N) is 1. The Hall–Kier alpha value is -2.19. The van der Waals surface area contributed by atoms with Crippen LogP contribution in [0.1, 0.15) is 11.7 Å². The summed E-state index contributed by atoms with van der Waals surface area (Å²) in [6, 6.07) is 4.18. The van der Waals surface area contributed by atoms with Gasteiger partial charge in [0, 0.05) is 12.1 Å². The Morgan fingerprint density at radius 3 is 2.26 bits per heavy atom. The number of hydrogen-bond donors (Lipinski definition) is 5. The van der Waals surface area contributed by atoms with Crippen LogP contribution in [-0.4, -0.2) is 46.0 Å². The van der Waals surface area contributed by atoms with E-state index in [1.165, 1.54) is 18.2 Å². The number of aliphatic hydroxyl groups excluding tert-OH is 1. The second-order valence-corrected chi connectivity index (χ2v) is 3.36. The average molecular weight is 275 g/mol. The molecule has 1 aromatic carbocycles. The number of hydrogen-bond acceptors (Lipinski definition) is 5. The molecule has 5 N–H and O–H groups in total. The third-order valence-electron chi connectivity index (χ3n) is 1.95. The third kappa shape index (κ3) is 5.80. The molecule has 1 unspecified atom stereocenters. The molecule has 0 saturated carbocycles. The summed E-state index contributed by atoms with van der Waals surface area (Å²) >= 11 is 0. The van der Waals surface area contributed by atoms with Crippen LogP contribution in [0.2, 0.25) is 0 Å². The number of likely N-dealkylation sites (N-methyl/N-ethyl adjacent to an activating group) is 1. The lowest BCUT2D eigenvalue weighted by molar-refractivity contribution is -0.159. The number of benzene rings is 1. The second-order valence-electron chi connectivity index (χ2n) is 3.36. The first kappa shape index (κ1) is 16.8. The smallest absolute Gasteiger partial charge is 0.414 e. The highest BCUT2D eigenvalue weighted by atomic mass is 19.1. The number of phenols is 1. The molecule has 0 fully saturated rings. The first-order valence-electron chi connectivity index (χ1n) is 5.07. The molecule has 1 rings (SSSR count). The summed E-state index contributed by atoms with van der Waals surface area (Å²) in [5, 5.41) is 35.9. The third-order valence-corrected chi connectivity index (χ3v) is 1.95. The molecule has 0 amide bonds. The van der Waals surface area contributed by atoms with Crippen LogP contribution in [-0.2, 0) is 9.59 Å². The van der Waals surface area contributed by atoms with Crippen molar-refractivity contribution in [1.29, 1.82) is 0 Å². The molecule has 106 valence electrons. The summed E-state index contributed by atoms with van der Waals surface area (Å²) in [6.45, 7) is 0.250. The molecule has 0 spiro atoms. The largest absolute Gasteiger partial charge is 0.505 e. The second kappa shape index (κ2) is 8.01. The van der Waals surface area contributed by atoms with E-state index in [1.54, 1.807) is 7.05 Å². The first-order valence-corrected chi connectivity index (χ1v) is 5.07. The highest BCUT2D eigenvalue weighted by Gasteiger charge is 2.13. The number of aliphatic hydroxyl groups is 1. The molecule has 0 aliphatic rings. The predicted octanol–water partition coefficient (Wildman–Crippen LogP) is -0.0603. The minimum atomic E-state index is -1.82. The maximum Gasteiger partial charge on any atom is 0.414 e. The molecular formula is C11H14FNO6. The van der Waals surface area contributed by atoms with Crippen molar-refractivity contribution < 1.29 is 34.4 Å². The number of rotatable bonds is 3. The van der Waals surface area contributed by atoms with Crippen molar-refractivity contribution in [2.24, 2.45) is 0 Å². The molecule has 0 aromatic heterocycles. The van der Waals surface area contributed by atoms with Gasteiger partial charge in [-0.15, -0.1) is 0 Å². The molecule has 0 aliphatic carbocycles. The Bertz CT molecular complexity index is 439. The van der Waals surface area contributed by atoms with Gasteiger partial charge >= 0.3 is 11.9 Å². The van der Waals surface area contributed by atoms with Gasteiger partial charge in [0.15, 0.2) is 11.6 Å². The number of carboxylic acid groups (broad SMARTS) is 2. The van der Waals surface area contributed by atoms with Gasteiger partial charge < -0.3 is 25.7 Å². The molecule has 0 heterocycles. The van der Waals surface area contributed by atoms with Crippen LogP contribution in [0.3, 0.4) is 0 Å². The first-order chi connectivity index (χ1) is 8.81. The minimum Gasteiger partial charge on any atom is -0.505 e. The van der Waals surface area contributed by atoms with Gasteiger partial charge in [-0.3, -0.25) is 0 Å². The lowest BCUT2D eigenvalue weighted by Crippen LogP contribution is -2.17. The normalized spacial score (nSPS) is 11.1. The summed E-state index contributed by atoms with van der Waals surface area (Å²) in [4.78, 5) is 18.2. The van der Waals surface area contributed by atoms with Gasteiger partial charge in [0.2, 0.25) is 0 Å². The van der Waals surface area contributed by atoms with Crippen LogP contribution >= 0.6 is 0 Å². The van der Waals surface area contributed by atoms with E-state index in [0.29, 0.717) is 0 Å². The Morgan fingerprint density at radius 2 is 1.84 bits per heavy atom. The zero-order valence-electron chi connectivity index (χ0n) is 10.00. The van der Waals surface area contributed by atoms with E-state index in [-0.39, 0.29) is 12.1 Å². The lowest BCUT2D eigenvalue weighted by atomic mass is 10.1. The zero-order chi connectivity index (χ0) is 15.0. The van der Waals surface area contributed by atoms with Gasteiger partial charge in [-0.25, -0.2) is 14.0 Å². The van der Waals surface area contributed by atoms with Gasteiger partial charge in [-0.2, -0.15) is 0 Å². The number of aliphatic carboxylic acids is 2. The predicted molar refractivity (Wildman–Crippen MR) is 62.2 cm³/mol. The van der Waals surface area contributed by atoms with E-state index in [0.717, 1.165) is 0 Å². The molecule has 0 saturated heterocycles. The molecular weight excluding hydrogens is 261 g/mol. The van der Waals surface area contributed by atoms with E-state index in [2.05, 4.69) is 5.32 Å². The monoisotopic (exact) mass is 275 g/mol. The summed E-state index contributed by atoms with van der Waals surface area (Å²) in [6.07, 6.45) is -0.933. The number of aromatic hydroxyl groups is 1. The summed E-state index contributed by atoms with van der Waals surface area (Å²) in [5.74, 6) is -4.84. The molecule has 1 aromatic rings. The SMILES string of the molecule is CNCC(O)c1cccc(O)c1F.O=C(O)C(=O)O. The number of carbonyl (C=O) groups is 2. The summed E-state index contributed by atoms with van der Waals surface area (Å²) in [5.41, 5.74) is 0.106. The minimum absolute atomic E-state index is 0.106. The van der Waals surface area contributed by atoms with E-state index >= 15 is 0 Å². The number of halogens is 1. The van der Waals surface area contributed by atoms with Crippen molar-refractivity contribution in [1.82, 2.24) is 5.32 Å². The standard InChI is InChI=1S/C9H12FNO2.C2H2O4/c1-11-5-8(13)6-3-2-4-7(12)9(6)10;3-1(4)2(5)6/h2-4,8,11-13H,5H2,1H3;(H,3,4)(H,5,6). The molecule has 7 nitrogen and oxygen atoms in total. The molecule has 0 radical (unpaired) electrons. The topological polar surface area (TPSA) is 127 Å². The van der Waals surface area contributed by atoms with Gasteiger partial charge in [-0.05, 0) is 13.1 Å². The van der Waals surface area contributed by atoms with Crippen molar-refractivity contribution in [3.8, 4) is 5.75 Å². The summed E-state index contributed by atoms with van der Waals surface area (Å²) in [7, 11) is 1.66. The lowest BCUT2D eigenvalue weighted by Gasteiger charge is -2.11. The molecule has 1 atom stereocenters. The Morgan fingerprint density at radius 1 is 1.32 bits per heavy atom. The highest BCUT2D eigenvalue weighted by molar-refractivity contribution is 6.27.